The molecule has 4 heteroatoms. The molecule has 0 aliphatic rings. The lowest BCUT2D eigenvalue weighted by molar-refractivity contribution is 0.475. The maximum absolute atomic E-state index is 9.51. The van der Waals surface area contributed by atoms with E-state index in [-0.39, 0.29) is 5.75 Å². The van der Waals surface area contributed by atoms with Gasteiger partial charge in [-0.2, -0.15) is 4.98 Å². The zero-order chi connectivity index (χ0) is 12.8. The zero-order valence-electron chi connectivity index (χ0n) is 9.95. The molecule has 0 aliphatic carbocycles. The Morgan fingerprint density at radius 2 is 1.95 bits per heavy atom. The molecule has 2 aromatic heterocycles. The van der Waals surface area contributed by atoms with Crippen molar-refractivity contribution in [2.75, 3.05) is 0 Å². The third-order valence-corrected chi connectivity index (χ3v) is 3.14. The smallest absolute Gasteiger partial charge is 0.307 e. The molecule has 0 bridgehead atoms. The van der Waals surface area contributed by atoms with Gasteiger partial charge in [-0.05, 0) is 24.3 Å². The molecule has 4 aromatic rings. The van der Waals surface area contributed by atoms with E-state index in [1.165, 1.54) is 0 Å². The van der Waals surface area contributed by atoms with Gasteiger partial charge in [-0.25, -0.2) is 0 Å². The minimum absolute atomic E-state index is 0.229. The Morgan fingerprint density at radius 3 is 2.84 bits per heavy atom. The average Bonchev–Trinajstić information content (AvgIpc) is 2.96. The van der Waals surface area contributed by atoms with Crippen LogP contribution >= 0.6 is 0 Å². The SMILES string of the molecule is Oc1cccc(-c2cn3c(n2)oc2ccccc23)c1. The number of aromatic nitrogens is 2. The number of phenols is 1. The molecule has 0 unspecified atom stereocenters. The summed E-state index contributed by atoms with van der Waals surface area (Å²) in [5.41, 5.74) is 3.44. The summed E-state index contributed by atoms with van der Waals surface area (Å²) >= 11 is 0. The van der Waals surface area contributed by atoms with Gasteiger partial charge in [0.1, 0.15) is 5.75 Å². The minimum Gasteiger partial charge on any atom is -0.508 e. The minimum atomic E-state index is 0.229. The quantitative estimate of drug-likeness (QED) is 0.563. The second kappa shape index (κ2) is 3.62. The van der Waals surface area contributed by atoms with Gasteiger partial charge < -0.3 is 9.52 Å². The van der Waals surface area contributed by atoms with Crippen LogP contribution in [0.1, 0.15) is 0 Å². The van der Waals surface area contributed by atoms with Crippen LogP contribution < -0.4 is 0 Å². The summed E-state index contributed by atoms with van der Waals surface area (Å²) in [4.78, 5) is 4.45. The van der Waals surface area contributed by atoms with Crippen molar-refractivity contribution in [2.24, 2.45) is 0 Å². The number of para-hydroxylation sites is 2. The summed E-state index contributed by atoms with van der Waals surface area (Å²) in [6, 6.07) is 14.8. The number of fused-ring (bicyclic) bond motifs is 3. The van der Waals surface area contributed by atoms with Crippen LogP contribution in [0.5, 0.6) is 5.75 Å². The Hall–Kier alpha value is -2.75. The van der Waals surface area contributed by atoms with Crippen molar-refractivity contribution in [3.63, 3.8) is 0 Å². The van der Waals surface area contributed by atoms with Crippen LogP contribution in [-0.4, -0.2) is 14.5 Å². The lowest BCUT2D eigenvalue weighted by atomic mass is 10.1. The Morgan fingerprint density at radius 1 is 1.05 bits per heavy atom. The first-order valence-corrected chi connectivity index (χ1v) is 5.97. The van der Waals surface area contributed by atoms with Gasteiger partial charge in [-0.1, -0.05) is 24.3 Å². The Kier molecular flexibility index (Phi) is 1.94. The fraction of sp³-hybridized carbons (Fsp3) is 0. The molecular weight excluding hydrogens is 240 g/mol. The molecule has 19 heavy (non-hydrogen) atoms. The first-order chi connectivity index (χ1) is 9.31. The summed E-state index contributed by atoms with van der Waals surface area (Å²) < 4.78 is 7.59. The van der Waals surface area contributed by atoms with Crippen LogP contribution in [0, 0.1) is 0 Å². The molecule has 2 heterocycles. The van der Waals surface area contributed by atoms with Crippen LogP contribution in [0.15, 0.2) is 59.1 Å². The van der Waals surface area contributed by atoms with Crippen LogP contribution in [0.3, 0.4) is 0 Å². The molecule has 2 aromatic carbocycles. The summed E-state index contributed by atoms with van der Waals surface area (Å²) in [5, 5.41) is 9.51. The Balaban J connectivity index is 1.97. The van der Waals surface area contributed by atoms with Crippen LogP contribution in [0.25, 0.3) is 28.2 Å². The van der Waals surface area contributed by atoms with E-state index < -0.39 is 0 Å². The predicted molar refractivity (Wildman–Crippen MR) is 72.1 cm³/mol. The topological polar surface area (TPSA) is 50.7 Å². The van der Waals surface area contributed by atoms with Gasteiger partial charge >= 0.3 is 5.84 Å². The lowest BCUT2D eigenvalue weighted by Crippen LogP contribution is -1.77. The third kappa shape index (κ3) is 1.50. The summed E-state index contributed by atoms with van der Waals surface area (Å²) in [7, 11) is 0. The number of rotatable bonds is 1. The van der Waals surface area contributed by atoms with Crippen molar-refractivity contribution in [1.82, 2.24) is 9.38 Å². The number of phenolic OH excluding ortho intramolecular Hbond substituents is 1. The highest BCUT2D eigenvalue weighted by Gasteiger charge is 2.11. The number of hydrogen-bond donors (Lipinski definition) is 1. The zero-order valence-corrected chi connectivity index (χ0v) is 9.95. The monoisotopic (exact) mass is 250 g/mol. The molecule has 0 radical (unpaired) electrons. The summed E-state index contributed by atoms with van der Waals surface area (Å²) in [5.74, 6) is 0.784. The Bertz CT molecular complexity index is 889. The van der Waals surface area contributed by atoms with E-state index in [4.69, 9.17) is 4.42 Å². The van der Waals surface area contributed by atoms with Gasteiger partial charge in [0.2, 0.25) is 0 Å². The Labute approximate surface area is 108 Å². The molecule has 0 saturated heterocycles. The molecule has 0 atom stereocenters. The normalized spacial score (nSPS) is 11.4. The first kappa shape index (κ1) is 10.2. The van der Waals surface area contributed by atoms with Gasteiger partial charge in [0.15, 0.2) is 5.58 Å². The first-order valence-electron chi connectivity index (χ1n) is 5.97. The molecular formula is C15H10N2O2. The lowest BCUT2D eigenvalue weighted by Gasteiger charge is -1.96. The van der Waals surface area contributed by atoms with Crippen molar-refractivity contribution in [2.45, 2.75) is 0 Å². The standard InChI is InChI=1S/C15H10N2O2/c18-11-5-3-4-10(8-11)12-9-17-13-6-1-2-7-14(13)19-15(17)16-12/h1-9,18H. The third-order valence-electron chi connectivity index (χ3n) is 3.14. The number of benzene rings is 2. The molecule has 92 valence electrons. The van der Waals surface area contributed by atoms with E-state index in [1.54, 1.807) is 18.2 Å². The molecule has 1 N–H and O–H groups in total. The largest absolute Gasteiger partial charge is 0.508 e. The van der Waals surface area contributed by atoms with Crippen molar-refractivity contribution < 1.29 is 9.52 Å². The van der Waals surface area contributed by atoms with Gasteiger partial charge in [0.25, 0.3) is 0 Å². The summed E-state index contributed by atoms with van der Waals surface area (Å²) in [6.07, 6.45) is 1.91. The van der Waals surface area contributed by atoms with Crippen molar-refractivity contribution in [3.05, 3.63) is 54.7 Å². The van der Waals surface area contributed by atoms with Crippen molar-refractivity contribution >= 4 is 16.9 Å². The fourth-order valence-corrected chi connectivity index (χ4v) is 2.25. The van der Waals surface area contributed by atoms with Gasteiger partial charge in [-0.15, -0.1) is 0 Å². The summed E-state index contributed by atoms with van der Waals surface area (Å²) in [6.45, 7) is 0. The molecule has 4 rings (SSSR count). The van der Waals surface area contributed by atoms with Gasteiger partial charge in [0, 0.05) is 11.8 Å². The fourth-order valence-electron chi connectivity index (χ4n) is 2.25. The number of nitrogens with zero attached hydrogens (tertiary/aromatic N) is 2. The molecule has 0 spiro atoms. The molecule has 0 saturated carbocycles. The van der Waals surface area contributed by atoms with E-state index in [9.17, 15) is 5.11 Å². The molecule has 0 fully saturated rings. The van der Waals surface area contributed by atoms with Gasteiger partial charge in [0.05, 0.1) is 11.2 Å². The number of oxazole rings is 1. The van der Waals surface area contributed by atoms with Gasteiger partial charge in [-0.3, -0.25) is 4.40 Å². The van der Waals surface area contributed by atoms with Crippen molar-refractivity contribution in [3.8, 4) is 17.0 Å². The second-order valence-electron chi connectivity index (χ2n) is 4.40. The average molecular weight is 250 g/mol. The van der Waals surface area contributed by atoms with E-state index in [0.717, 1.165) is 22.4 Å². The highest BCUT2D eigenvalue weighted by molar-refractivity contribution is 5.78. The van der Waals surface area contributed by atoms with Crippen molar-refractivity contribution in [1.29, 1.82) is 0 Å². The maximum atomic E-state index is 9.51. The van der Waals surface area contributed by atoms with Crippen LogP contribution in [0.4, 0.5) is 0 Å². The molecule has 0 amide bonds. The van der Waals surface area contributed by atoms with Crippen LogP contribution in [0.2, 0.25) is 0 Å². The second-order valence-corrected chi connectivity index (χ2v) is 4.40. The highest BCUT2D eigenvalue weighted by atomic mass is 16.4. The number of aromatic hydroxyl groups is 1. The molecule has 4 nitrogen and oxygen atoms in total. The molecule has 0 aliphatic heterocycles. The van der Waals surface area contributed by atoms with E-state index >= 15 is 0 Å². The maximum Gasteiger partial charge on any atom is 0.307 e. The van der Waals surface area contributed by atoms with E-state index in [2.05, 4.69) is 4.98 Å². The number of hydrogen-bond acceptors (Lipinski definition) is 3. The number of imidazole rings is 1. The van der Waals surface area contributed by atoms with E-state index in [1.807, 2.05) is 40.9 Å². The predicted octanol–water partition coefficient (Wildman–Crippen LogP) is 3.45. The van der Waals surface area contributed by atoms with Crippen LogP contribution in [-0.2, 0) is 0 Å². The highest BCUT2D eigenvalue weighted by Crippen LogP contribution is 2.26. The van der Waals surface area contributed by atoms with E-state index in [0.29, 0.717) is 5.84 Å².